The van der Waals surface area contributed by atoms with Crippen LogP contribution in [-0.2, 0) is 4.79 Å². The lowest BCUT2D eigenvalue weighted by Crippen LogP contribution is -2.49. The Hall–Kier alpha value is -1.79. The fourth-order valence-electron chi connectivity index (χ4n) is 2.45. The van der Waals surface area contributed by atoms with Gasteiger partial charge in [0, 0.05) is 38.8 Å². The maximum Gasteiger partial charge on any atom is 0.254 e. The summed E-state index contributed by atoms with van der Waals surface area (Å²) < 4.78 is 5.55. The van der Waals surface area contributed by atoms with E-state index in [2.05, 4.69) is 5.32 Å². The van der Waals surface area contributed by atoms with Crippen LogP contribution in [0.2, 0.25) is 0 Å². The number of nitrogens with zero attached hydrogens (tertiary/aromatic N) is 2. The summed E-state index contributed by atoms with van der Waals surface area (Å²) >= 11 is 0. The molecule has 1 aliphatic heterocycles. The van der Waals surface area contributed by atoms with Crippen molar-refractivity contribution in [3.05, 3.63) is 29.8 Å². The van der Waals surface area contributed by atoms with Gasteiger partial charge in [-0.2, -0.15) is 0 Å². The number of carbonyl (C=O) groups excluding carboxylic acids is 2. The first kappa shape index (κ1) is 20.3. The number of piperazine rings is 1. The van der Waals surface area contributed by atoms with E-state index in [4.69, 9.17) is 4.74 Å². The van der Waals surface area contributed by atoms with Crippen LogP contribution >= 0.6 is 12.4 Å². The molecule has 2 amide bonds. The van der Waals surface area contributed by atoms with E-state index in [1.807, 2.05) is 13.0 Å². The second-order valence-electron chi connectivity index (χ2n) is 5.67. The number of likely N-dealkylation sites (N-methyl/N-ethyl adjacent to an activating group) is 1. The van der Waals surface area contributed by atoms with Gasteiger partial charge in [0.25, 0.3) is 5.91 Å². The van der Waals surface area contributed by atoms with Crippen molar-refractivity contribution in [1.29, 1.82) is 0 Å². The maximum absolute atomic E-state index is 12.5. The highest BCUT2D eigenvalue weighted by molar-refractivity contribution is 5.96. The molecule has 2 rings (SSSR count). The van der Waals surface area contributed by atoms with E-state index < -0.39 is 0 Å². The smallest absolute Gasteiger partial charge is 0.254 e. The third kappa shape index (κ3) is 5.69. The first-order valence-electron chi connectivity index (χ1n) is 8.08. The molecule has 1 saturated heterocycles. The van der Waals surface area contributed by atoms with Crippen LogP contribution in [0.15, 0.2) is 24.3 Å². The molecule has 0 aliphatic carbocycles. The van der Waals surface area contributed by atoms with Crippen LogP contribution in [0.5, 0.6) is 5.75 Å². The van der Waals surface area contributed by atoms with Crippen molar-refractivity contribution in [1.82, 2.24) is 15.1 Å². The largest absolute Gasteiger partial charge is 0.494 e. The van der Waals surface area contributed by atoms with E-state index in [0.29, 0.717) is 31.0 Å². The first-order chi connectivity index (χ1) is 11.1. The Labute approximate surface area is 149 Å². The normalized spacial score (nSPS) is 13.8. The van der Waals surface area contributed by atoms with Crippen LogP contribution in [-0.4, -0.2) is 68.0 Å². The van der Waals surface area contributed by atoms with Gasteiger partial charge in [-0.05, 0) is 24.6 Å². The minimum absolute atomic E-state index is 0. The molecule has 1 aromatic carbocycles. The number of carbonyl (C=O) groups is 2. The highest BCUT2D eigenvalue weighted by Gasteiger charge is 2.20. The van der Waals surface area contributed by atoms with E-state index in [9.17, 15) is 9.59 Å². The molecule has 1 heterocycles. The Morgan fingerprint density at radius 1 is 1.29 bits per heavy atom. The van der Waals surface area contributed by atoms with Gasteiger partial charge in [0.05, 0.1) is 13.2 Å². The highest BCUT2D eigenvalue weighted by atomic mass is 35.5. The summed E-state index contributed by atoms with van der Waals surface area (Å²) in [6.45, 7) is 5.75. The fraction of sp³-hybridized carbons (Fsp3) is 0.529. The van der Waals surface area contributed by atoms with Gasteiger partial charge in [-0.3, -0.25) is 9.59 Å². The summed E-state index contributed by atoms with van der Waals surface area (Å²) in [5, 5.41) is 3.21. The van der Waals surface area contributed by atoms with E-state index in [0.717, 1.165) is 19.5 Å². The number of hydrogen-bond acceptors (Lipinski definition) is 4. The van der Waals surface area contributed by atoms with Gasteiger partial charge in [0.1, 0.15) is 5.75 Å². The van der Waals surface area contributed by atoms with Gasteiger partial charge in [-0.1, -0.05) is 13.0 Å². The molecule has 0 atom stereocenters. The average molecular weight is 356 g/mol. The van der Waals surface area contributed by atoms with Crippen molar-refractivity contribution in [3.8, 4) is 5.75 Å². The van der Waals surface area contributed by atoms with Gasteiger partial charge in [-0.25, -0.2) is 0 Å². The van der Waals surface area contributed by atoms with Crippen LogP contribution in [0.3, 0.4) is 0 Å². The number of rotatable bonds is 6. The predicted octanol–water partition coefficient (Wildman–Crippen LogP) is 1.40. The Balaban J connectivity index is 0.00000288. The van der Waals surface area contributed by atoms with Crippen LogP contribution in [0, 0.1) is 0 Å². The van der Waals surface area contributed by atoms with Crippen molar-refractivity contribution in [2.45, 2.75) is 13.3 Å². The van der Waals surface area contributed by atoms with E-state index in [-0.39, 0.29) is 30.8 Å². The van der Waals surface area contributed by atoms with E-state index in [1.165, 1.54) is 4.90 Å². The molecule has 0 spiro atoms. The molecule has 1 aliphatic rings. The second-order valence-corrected chi connectivity index (χ2v) is 5.67. The van der Waals surface area contributed by atoms with Crippen LogP contribution < -0.4 is 10.1 Å². The van der Waals surface area contributed by atoms with Crippen LogP contribution in [0.4, 0.5) is 0 Å². The Morgan fingerprint density at radius 3 is 2.67 bits per heavy atom. The first-order valence-corrected chi connectivity index (χ1v) is 8.08. The number of nitrogens with one attached hydrogen (secondary N) is 1. The van der Waals surface area contributed by atoms with E-state index in [1.54, 1.807) is 30.1 Å². The molecule has 0 radical (unpaired) electrons. The van der Waals surface area contributed by atoms with Crippen LogP contribution in [0.1, 0.15) is 23.7 Å². The summed E-state index contributed by atoms with van der Waals surface area (Å²) in [6, 6.07) is 7.10. The van der Waals surface area contributed by atoms with Crippen molar-refractivity contribution in [2.24, 2.45) is 0 Å². The molecule has 0 bridgehead atoms. The molecule has 6 nitrogen and oxygen atoms in total. The second kappa shape index (κ2) is 10.2. The molecule has 24 heavy (non-hydrogen) atoms. The van der Waals surface area contributed by atoms with Gasteiger partial charge < -0.3 is 19.9 Å². The zero-order valence-electron chi connectivity index (χ0n) is 14.3. The predicted molar refractivity (Wildman–Crippen MR) is 95.9 cm³/mol. The van der Waals surface area contributed by atoms with Crippen molar-refractivity contribution >= 4 is 24.2 Å². The van der Waals surface area contributed by atoms with Crippen molar-refractivity contribution in [3.63, 3.8) is 0 Å². The average Bonchev–Trinajstić information content (AvgIpc) is 2.60. The molecule has 134 valence electrons. The molecule has 1 N–H and O–H groups in total. The molecule has 1 fully saturated rings. The third-order valence-corrected chi connectivity index (χ3v) is 3.74. The number of hydrogen-bond donors (Lipinski definition) is 1. The number of amides is 2. The van der Waals surface area contributed by atoms with Crippen molar-refractivity contribution < 1.29 is 14.3 Å². The summed E-state index contributed by atoms with van der Waals surface area (Å²) in [5.74, 6) is 0.496. The summed E-state index contributed by atoms with van der Waals surface area (Å²) in [5.41, 5.74) is 0.536. The minimum Gasteiger partial charge on any atom is -0.494 e. The zero-order valence-corrected chi connectivity index (χ0v) is 15.1. The SMILES string of the molecule is CCCOc1cccc(C(=O)N(C)CC(=O)N2CCNCC2)c1.Cl. The molecular formula is C17H26ClN3O3. The maximum atomic E-state index is 12.5. The Kier molecular flexibility index (Phi) is 8.57. The summed E-state index contributed by atoms with van der Waals surface area (Å²) in [6.07, 6.45) is 0.914. The minimum atomic E-state index is -0.171. The number of ether oxygens (including phenoxy) is 1. The lowest BCUT2D eigenvalue weighted by atomic mass is 10.2. The third-order valence-electron chi connectivity index (χ3n) is 3.74. The molecular weight excluding hydrogens is 330 g/mol. The standard InChI is InChI=1S/C17H25N3O3.ClH/c1-3-11-23-15-6-4-5-14(12-15)17(22)19(2)13-16(21)20-9-7-18-8-10-20;/h4-6,12,18H,3,7-11,13H2,1-2H3;1H. The Morgan fingerprint density at radius 2 is 2.00 bits per heavy atom. The Bertz CT molecular complexity index is 548. The van der Waals surface area contributed by atoms with Crippen LogP contribution in [0.25, 0.3) is 0 Å². The molecule has 7 heteroatoms. The van der Waals surface area contributed by atoms with Gasteiger partial charge >= 0.3 is 0 Å². The monoisotopic (exact) mass is 355 g/mol. The van der Waals surface area contributed by atoms with Gasteiger partial charge in [0.15, 0.2) is 0 Å². The molecule has 0 saturated carbocycles. The quantitative estimate of drug-likeness (QED) is 0.838. The lowest BCUT2D eigenvalue weighted by Gasteiger charge is -2.29. The topological polar surface area (TPSA) is 61.9 Å². The van der Waals surface area contributed by atoms with Gasteiger partial charge in [-0.15, -0.1) is 12.4 Å². The summed E-state index contributed by atoms with van der Waals surface area (Å²) in [4.78, 5) is 28.0. The molecule has 1 aromatic rings. The van der Waals surface area contributed by atoms with Crippen molar-refractivity contribution in [2.75, 3.05) is 46.4 Å². The van der Waals surface area contributed by atoms with Gasteiger partial charge in [0.2, 0.25) is 5.91 Å². The fourth-order valence-corrected chi connectivity index (χ4v) is 2.45. The molecule has 0 aromatic heterocycles. The molecule has 0 unspecified atom stereocenters. The lowest BCUT2D eigenvalue weighted by molar-refractivity contribution is -0.132. The highest BCUT2D eigenvalue weighted by Crippen LogP contribution is 2.15. The zero-order chi connectivity index (χ0) is 16.7. The summed E-state index contributed by atoms with van der Waals surface area (Å²) in [7, 11) is 1.65. The van der Waals surface area contributed by atoms with E-state index >= 15 is 0 Å². The number of benzene rings is 1. The number of halogens is 1.